The number of carbonyl (C=O) groups excluding carboxylic acids is 2. The van der Waals surface area contributed by atoms with Gasteiger partial charge in [0.2, 0.25) is 5.91 Å². The summed E-state index contributed by atoms with van der Waals surface area (Å²) in [6, 6.07) is 7.93. The highest BCUT2D eigenvalue weighted by Gasteiger charge is 2.37. The minimum absolute atomic E-state index is 0. The van der Waals surface area contributed by atoms with Crippen LogP contribution in [-0.2, 0) is 4.79 Å². The van der Waals surface area contributed by atoms with E-state index in [1.807, 2.05) is 24.1 Å². The molecule has 7 heteroatoms. The zero-order chi connectivity index (χ0) is 17.3. The minimum Gasteiger partial charge on any atom is -0.341 e. The van der Waals surface area contributed by atoms with Gasteiger partial charge < -0.3 is 15.5 Å². The lowest BCUT2D eigenvalue weighted by Gasteiger charge is -2.36. The van der Waals surface area contributed by atoms with Crippen LogP contribution in [0.5, 0.6) is 0 Å². The molecule has 0 saturated carbocycles. The van der Waals surface area contributed by atoms with Crippen LogP contribution in [0.15, 0.2) is 28.7 Å². The van der Waals surface area contributed by atoms with Crippen molar-refractivity contribution in [2.75, 3.05) is 7.05 Å². The van der Waals surface area contributed by atoms with Crippen LogP contribution in [0.2, 0.25) is 0 Å². The molecule has 2 aliphatic heterocycles. The molecule has 0 spiro atoms. The second-order valence-corrected chi connectivity index (χ2v) is 7.83. The second kappa shape index (κ2) is 8.52. The Morgan fingerprint density at radius 3 is 2.32 bits per heavy atom. The second-order valence-electron chi connectivity index (χ2n) is 6.91. The lowest BCUT2D eigenvalue weighted by Crippen LogP contribution is -2.53. The first kappa shape index (κ1) is 20.2. The van der Waals surface area contributed by atoms with Crippen molar-refractivity contribution in [1.82, 2.24) is 15.5 Å². The largest absolute Gasteiger partial charge is 0.341 e. The van der Waals surface area contributed by atoms with Gasteiger partial charge in [-0.05, 0) is 56.9 Å². The van der Waals surface area contributed by atoms with Gasteiger partial charge in [-0.3, -0.25) is 9.59 Å². The fourth-order valence-corrected chi connectivity index (χ4v) is 4.04. The highest BCUT2D eigenvalue weighted by Crippen LogP contribution is 2.29. The van der Waals surface area contributed by atoms with Crippen molar-refractivity contribution in [2.24, 2.45) is 0 Å². The summed E-state index contributed by atoms with van der Waals surface area (Å²) in [5, 5.41) is 6.40. The van der Waals surface area contributed by atoms with Crippen molar-refractivity contribution < 1.29 is 9.59 Å². The number of halogens is 2. The standard InChI is InChI=1S/C18H24BrN3O2.ClH/c1-11(20-17(23)12-3-5-13(19)6-4-12)18(24)22(2)16-9-14-7-8-15(10-16)21-14;/h3-6,11,14-16,21H,7-10H2,1-2H3,(H,20,23);1H. The summed E-state index contributed by atoms with van der Waals surface area (Å²) in [6.45, 7) is 1.76. The van der Waals surface area contributed by atoms with E-state index in [9.17, 15) is 9.59 Å². The molecule has 2 amide bonds. The van der Waals surface area contributed by atoms with Gasteiger partial charge in [0.05, 0.1) is 0 Å². The molecule has 3 atom stereocenters. The summed E-state index contributed by atoms with van der Waals surface area (Å²) in [5.41, 5.74) is 0.556. The number of hydrogen-bond acceptors (Lipinski definition) is 3. The molecule has 138 valence electrons. The molecule has 3 rings (SSSR count). The summed E-state index contributed by atoms with van der Waals surface area (Å²) < 4.78 is 0.920. The third-order valence-corrected chi connectivity index (χ3v) is 5.70. The summed E-state index contributed by atoms with van der Waals surface area (Å²) in [5.74, 6) is -0.242. The summed E-state index contributed by atoms with van der Waals surface area (Å²) >= 11 is 3.35. The number of nitrogens with one attached hydrogen (secondary N) is 2. The SMILES string of the molecule is CC(NC(=O)c1ccc(Br)cc1)C(=O)N(C)C1CC2CCC(C1)N2.Cl. The Hall–Kier alpha value is -1.11. The van der Waals surface area contributed by atoms with E-state index in [1.54, 1.807) is 19.1 Å². The van der Waals surface area contributed by atoms with Gasteiger partial charge in [0.15, 0.2) is 0 Å². The molecule has 3 unspecified atom stereocenters. The molecular weight excluding hydrogens is 406 g/mol. The number of nitrogens with zero attached hydrogens (tertiary/aromatic N) is 1. The van der Waals surface area contributed by atoms with Gasteiger partial charge in [-0.1, -0.05) is 15.9 Å². The normalized spacial score (nSPS) is 25.6. The molecule has 2 fully saturated rings. The maximum atomic E-state index is 12.7. The van der Waals surface area contributed by atoms with E-state index >= 15 is 0 Å². The molecule has 5 nitrogen and oxygen atoms in total. The molecule has 0 aromatic heterocycles. The number of piperidine rings is 1. The molecule has 2 saturated heterocycles. The van der Waals surface area contributed by atoms with Crippen molar-refractivity contribution in [3.8, 4) is 0 Å². The van der Waals surface area contributed by atoms with Crippen molar-refractivity contribution in [3.05, 3.63) is 34.3 Å². The monoisotopic (exact) mass is 429 g/mol. The number of amides is 2. The van der Waals surface area contributed by atoms with E-state index in [-0.39, 0.29) is 30.3 Å². The Bertz CT molecular complexity index is 613. The molecule has 1 aromatic carbocycles. The lowest BCUT2D eigenvalue weighted by molar-refractivity contribution is -0.134. The maximum Gasteiger partial charge on any atom is 0.251 e. The zero-order valence-corrected chi connectivity index (χ0v) is 16.9. The number of carbonyl (C=O) groups is 2. The van der Waals surface area contributed by atoms with Crippen LogP contribution in [0, 0.1) is 0 Å². The summed E-state index contributed by atoms with van der Waals surface area (Å²) in [7, 11) is 1.86. The van der Waals surface area contributed by atoms with Crippen LogP contribution in [0.1, 0.15) is 43.0 Å². The Kier molecular flexibility index (Phi) is 6.88. The molecule has 2 heterocycles. The van der Waals surface area contributed by atoms with Crippen molar-refractivity contribution in [2.45, 2.75) is 56.8 Å². The van der Waals surface area contributed by atoms with Crippen molar-refractivity contribution in [1.29, 1.82) is 0 Å². The van der Waals surface area contributed by atoms with E-state index in [1.165, 1.54) is 12.8 Å². The Labute approximate surface area is 163 Å². The quantitative estimate of drug-likeness (QED) is 0.772. The number of fused-ring (bicyclic) bond motifs is 2. The highest BCUT2D eigenvalue weighted by molar-refractivity contribution is 9.10. The third-order valence-electron chi connectivity index (χ3n) is 5.17. The first-order valence-electron chi connectivity index (χ1n) is 8.53. The Morgan fingerprint density at radius 1 is 1.20 bits per heavy atom. The topological polar surface area (TPSA) is 61.4 Å². The number of hydrogen-bond donors (Lipinski definition) is 2. The van der Waals surface area contributed by atoms with E-state index in [0.717, 1.165) is 17.3 Å². The summed E-state index contributed by atoms with van der Waals surface area (Å²) in [4.78, 5) is 26.8. The van der Waals surface area contributed by atoms with Crippen LogP contribution in [0.4, 0.5) is 0 Å². The van der Waals surface area contributed by atoms with Crippen LogP contribution >= 0.6 is 28.3 Å². The predicted octanol–water partition coefficient (Wildman–Crippen LogP) is 2.73. The molecule has 2 N–H and O–H groups in total. The van der Waals surface area contributed by atoms with E-state index < -0.39 is 6.04 Å². The zero-order valence-electron chi connectivity index (χ0n) is 14.5. The molecule has 25 heavy (non-hydrogen) atoms. The average molecular weight is 431 g/mol. The van der Waals surface area contributed by atoms with Gasteiger partial charge in [-0.2, -0.15) is 0 Å². The fraction of sp³-hybridized carbons (Fsp3) is 0.556. The number of rotatable bonds is 4. The smallest absolute Gasteiger partial charge is 0.251 e. The predicted molar refractivity (Wildman–Crippen MR) is 104 cm³/mol. The van der Waals surface area contributed by atoms with E-state index in [4.69, 9.17) is 0 Å². The number of benzene rings is 1. The fourth-order valence-electron chi connectivity index (χ4n) is 3.77. The minimum atomic E-state index is -0.529. The highest BCUT2D eigenvalue weighted by atomic mass is 79.9. The summed E-state index contributed by atoms with van der Waals surface area (Å²) in [6.07, 6.45) is 4.43. The van der Waals surface area contributed by atoms with E-state index in [2.05, 4.69) is 26.6 Å². The number of likely N-dealkylation sites (N-methyl/N-ethyl adjacent to an activating group) is 1. The maximum absolute atomic E-state index is 12.7. The molecule has 2 aliphatic rings. The van der Waals surface area contributed by atoms with E-state index in [0.29, 0.717) is 17.6 Å². The third kappa shape index (κ3) is 4.74. The van der Waals surface area contributed by atoms with Crippen molar-refractivity contribution >= 4 is 40.2 Å². The molecule has 2 bridgehead atoms. The molecule has 0 radical (unpaired) electrons. The van der Waals surface area contributed by atoms with Gasteiger partial charge in [0, 0.05) is 35.2 Å². The van der Waals surface area contributed by atoms with Crippen LogP contribution in [-0.4, -0.2) is 47.9 Å². The van der Waals surface area contributed by atoms with Gasteiger partial charge in [-0.25, -0.2) is 0 Å². The van der Waals surface area contributed by atoms with Gasteiger partial charge in [0.1, 0.15) is 6.04 Å². The molecular formula is C18H25BrClN3O2. The average Bonchev–Trinajstić information content (AvgIpc) is 2.91. The molecule has 0 aliphatic carbocycles. The lowest BCUT2D eigenvalue weighted by atomic mass is 9.98. The van der Waals surface area contributed by atoms with Gasteiger partial charge >= 0.3 is 0 Å². The Morgan fingerprint density at radius 2 is 1.76 bits per heavy atom. The van der Waals surface area contributed by atoms with Crippen LogP contribution in [0.25, 0.3) is 0 Å². The molecule has 1 aromatic rings. The van der Waals surface area contributed by atoms with Crippen molar-refractivity contribution in [3.63, 3.8) is 0 Å². The first-order chi connectivity index (χ1) is 11.4. The first-order valence-corrected chi connectivity index (χ1v) is 9.32. The Balaban J connectivity index is 0.00000225. The van der Waals surface area contributed by atoms with Crippen LogP contribution < -0.4 is 10.6 Å². The van der Waals surface area contributed by atoms with Gasteiger partial charge in [-0.15, -0.1) is 12.4 Å². The van der Waals surface area contributed by atoms with Gasteiger partial charge in [0.25, 0.3) is 5.91 Å². The van der Waals surface area contributed by atoms with Crippen LogP contribution in [0.3, 0.4) is 0 Å².